The number of carbonyl (C=O) groups excluding carboxylic acids is 2. The van der Waals surface area contributed by atoms with Crippen LogP contribution in [-0.4, -0.2) is 85.3 Å². The van der Waals surface area contributed by atoms with Crippen LogP contribution in [0.4, 0.5) is 9.59 Å². The van der Waals surface area contributed by atoms with E-state index < -0.39 is 11.2 Å². The molecule has 0 aromatic carbocycles. The average molecular weight is 626 g/mol. The van der Waals surface area contributed by atoms with Crippen LogP contribution in [0.3, 0.4) is 0 Å². The Morgan fingerprint density at radius 1 is 0.692 bits per heavy atom. The molecule has 0 spiro atoms. The van der Waals surface area contributed by atoms with Gasteiger partial charge in [-0.05, 0) is 60.9 Å². The largest absolute Gasteiger partial charge is 0.444 e. The zero-order valence-electron chi connectivity index (χ0n) is 27.3. The minimum absolute atomic E-state index is 0.253. The number of nitrogens with zero attached hydrogens (tertiary/aromatic N) is 2. The van der Waals surface area contributed by atoms with Gasteiger partial charge in [0.2, 0.25) is 0 Å². The fourth-order valence-electron chi connectivity index (χ4n) is 2.98. The third-order valence-corrected chi connectivity index (χ3v) is 5.75. The lowest BCUT2D eigenvalue weighted by atomic mass is 10.1. The Morgan fingerprint density at radius 3 is 1.49 bits per heavy atom. The van der Waals surface area contributed by atoms with E-state index in [2.05, 4.69) is 35.1 Å². The monoisotopic (exact) mass is 624 g/mol. The summed E-state index contributed by atoms with van der Waals surface area (Å²) in [7, 11) is 3.44. The number of likely N-dealkylation sites (N-methyl/N-ethyl adjacent to an activating group) is 2. The van der Waals surface area contributed by atoms with Crippen LogP contribution in [0.2, 0.25) is 0 Å². The summed E-state index contributed by atoms with van der Waals surface area (Å²) < 4.78 is 10.4. The second-order valence-corrected chi connectivity index (χ2v) is 12.7. The first kappa shape index (κ1) is 42.4. The normalized spacial score (nSPS) is 11.0. The lowest BCUT2D eigenvalue weighted by molar-refractivity contribution is 0.0292. The number of ether oxygens (including phenoxy) is 2. The van der Waals surface area contributed by atoms with Crippen LogP contribution in [0.25, 0.3) is 0 Å². The number of hydrogen-bond donors (Lipinski definition) is 2. The lowest BCUT2D eigenvalue weighted by Crippen LogP contribution is -2.38. The fraction of sp³-hybridized carbons (Fsp3) is 0.933. The Balaban J connectivity index is -0.000000552. The number of nitrogens with two attached hydrogens (primary N) is 1. The van der Waals surface area contributed by atoms with E-state index in [9.17, 15) is 9.59 Å². The van der Waals surface area contributed by atoms with Crippen LogP contribution < -0.4 is 11.1 Å². The molecule has 3 N–H and O–H groups in total. The molecule has 0 bridgehead atoms. The SMILES string of the molecule is CCCCCCCBr.CCCCCCCNCCN(C)C(=O)OC(C)(C)C.CN(CCN)C(=O)OC(C)(C)C. The minimum atomic E-state index is -0.431. The smallest absolute Gasteiger partial charge is 0.410 e. The molecule has 0 saturated heterocycles. The lowest BCUT2D eigenvalue weighted by Gasteiger charge is -2.24. The van der Waals surface area contributed by atoms with Crippen LogP contribution in [0.5, 0.6) is 0 Å². The minimum Gasteiger partial charge on any atom is -0.444 e. The highest BCUT2D eigenvalue weighted by molar-refractivity contribution is 9.09. The second kappa shape index (κ2) is 27.1. The van der Waals surface area contributed by atoms with Gasteiger partial charge in [0, 0.05) is 45.6 Å². The molecule has 0 unspecified atom stereocenters. The molecule has 9 heteroatoms. The molecule has 0 aliphatic heterocycles. The number of hydrogen-bond acceptors (Lipinski definition) is 6. The zero-order valence-corrected chi connectivity index (χ0v) is 28.9. The van der Waals surface area contributed by atoms with Gasteiger partial charge < -0.3 is 30.3 Å². The molecule has 0 atom stereocenters. The zero-order chi connectivity index (χ0) is 30.7. The Bertz CT molecular complexity index is 560. The summed E-state index contributed by atoms with van der Waals surface area (Å²) in [4.78, 5) is 26.0. The maximum absolute atomic E-state index is 11.7. The molecule has 0 aromatic heterocycles. The molecule has 0 aliphatic carbocycles. The second-order valence-electron chi connectivity index (χ2n) is 11.9. The number of rotatable bonds is 16. The van der Waals surface area contributed by atoms with Crippen molar-refractivity contribution in [2.75, 3.05) is 52.1 Å². The first-order chi connectivity index (χ1) is 18.1. The Kier molecular flexibility index (Phi) is 29.5. The van der Waals surface area contributed by atoms with Crippen molar-refractivity contribution in [2.24, 2.45) is 5.73 Å². The van der Waals surface area contributed by atoms with Crippen molar-refractivity contribution in [1.29, 1.82) is 0 Å². The number of amides is 2. The molecule has 0 radical (unpaired) electrons. The highest BCUT2D eigenvalue weighted by Crippen LogP contribution is 2.09. The number of halogens is 1. The molecule has 8 nitrogen and oxygen atoms in total. The third-order valence-electron chi connectivity index (χ3n) is 5.19. The van der Waals surface area contributed by atoms with Gasteiger partial charge in [-0.1, -0.05) is 81.1 Å². The molecule has 0 saturated carbocycles. The third kappa shape index (κ3) is 36.9. The van der Waals surface area contributed by atoms with Crippen LogP contribution in [0, 0.1) is 0 Å². The molecule has 0 aromatic rings. The standard InChI is InChI=1S/C15H32N2O2.C8H18N2O2.C7H15Br/c1-6-7-8-9-10-11-16-12-13-17(5)14(18)19-15(2,3)4;1-8(2,3)12-7(11)10(4)6-5-9;1-2-3-4-5-6-7-8/h16H,6-13H2,1-5H3;5-6,9H2,1-4H3;2-7H2,1H3. The van der Waals surface area contributed by atoms with Crippen molar-refractivity contribution in [3.63, 3.8) is 0 Å². The van der Waals surface area contributed by atoms with Crippen LogP contribution in [-0.2, 0) is 9.47 Å². The number of alkyl halides is 1. The summed E-state index contributed by atoms with van der Waals surface area (Å²) in [6.45, 7) is 19.1. The number of carbonyl (C=O) groups is 2. The molecular formula is C30H65BrN4O4. The molecule has 0 aliphatic rings. The summed E-state index contributed by atoms with van der Waals surface area (Å²) in [5.74, 6) is 0. The molecule has 2 amide bonds. The summed E-state index contributed by atoms with van der Waals surface area (Å²) in [5.41, 5.74) is 4.43. The van der Waals surface area contributed by atoms with Crippen molar-refractivity contribution < 1.29 is 19.1 Å². The Hall–Kier alpha value is -1.06. The average Bonchev–Trinajstić information content (AvgIpc) is 2.82. The van der Waals surface area contributed by atoms with Crippen molar-refractivity contribution in [3.05, 3.63) is 0 Å². The highest BCUT2D eigenvalue weighted by atomic mass is 79.9. The van der Waals surface area contributed by atoms with Gasteiger partial charge in [0.25, 0.3) is 0 Å². The molecule has 39 heavy (non-hydrogen) atoms. The van der Waals surface area contributed by atoms with Crippen LogP contribution >= 0.6 is 15.9 Å². The van der Waals surface area contributed by atoms with Gasteiger partial charge in [-0.15, -0.1) is 0 Å². The summed E-state index contributed by atoms with van der Waals surface area (Å²) in [6.07, 6.45) is 12.8. The van der Waals surface area contributed by atoms with Crippen molar-refractivity contribution in [3.8, 4) is 0 Å². The highest BCUT2D eigenvalue weighted by Gasteiger charge is 2.19. The van der Waals surface area contributed by atoms with E-state index in [4.69, 9.17) is 15.2 Å². The summed E-state index contributed by atoms with van der Waals surface area (Å²) in [6, 6.07) is 0. The predicted molar refractivity (Wildman–Crippen MR) is 171 cm³/mol. The van der Waals surface area contributed by atoms with Crippen LogP contribution in [0.1, 0.15) is 120 Å². The molecule has 0 heterocycles. The topological polar surface area (TPSA) is 97.1 Å². The first-order valence-corrected chi connectivity index (χ1v) is 16.1. The number of nitrogens with one attached hydrogen (secondary N) is 1. The van der Waals surface area contributed by atoms with Gasteiger partial charge in [-0.3, -0.25) is 0 Å². The molecule has 236 valence electrons. The summed E-state index contributed by atoms with van der Waals surface area (Å²) in [5, 5.41) is 4.54. The van der Waals surface area contributed by atoms with Gasteiger partial charge in [-0.25, -0.2) is 9.59 Å². The van der Waals surface area contributed by atoms with Gasteiger partial charge >= 0.3 is 12.2 Å². The van der Waals surface area contributed by atoms with E-state index in [1.54, 1.807) is 19.0 Å². The van der Waals surface area contributed by atoms with E-state index in [1.807, 2.05) is 41.5 Å². The van der Waals surface area contributed by atoms with Gasteiger partial charge in [0.05, 0.1) is 0 Å². The maximum Gasteiger partial charge on any atom is 0.410 e. The summed E-state index contributed by atoms with van der Waals surface area (Å²) >= 11 is 3.40. The molecule has 0 rings (SSSR count). The molecular weight excluding hydrogens is 560 g/mol. The molecule has 0 fully saturated rings. The first-order valence-electron chi connectivity index (χ1n) is 15.0. The fourth-order valence-corrected chi connectivity index (χ4v) is 3.38. The van der Waals surface area contributed by atoms with Crippen LogP contribution in [0.15, 0.2) is 0 Å². The maximum atomic E-state index is 11.7. The van der Waals surface area contributed by atoms with Crippen molar-refractivity contribution in [1.82, 2.24) is 15.1 Å². The quantitative estimate of drug-likeness (QED) is 0.136. The number of unbranched alkanes of at least 4 members (excludes halogenated alkanes) is 8. The van der Waals surface area contributed by atoms with E-state index in [0.29, 0.717) is 19.6 Å². The van der Waals surface area contributed by atoms with Crippen molar-refractivity contribution in [2.45, 2.75) is 131 Å². The van der Waals surface area contributed by atoms with E-state index in [-0.39, 0.29) is 12.2 Å². The Labute approximate surface area is 250 Å². The predicted octanol–water partition coefficient (Wildman–Crippen LogP) is 7.58. The van der Waals surface area contributed by atoms with E-state index in [1.165, 1.54) is 74.4 Å². The van der Waals surface area contributed by atoms with Crippen molar-refractivity contribution >= 4 is 28.1 Å². The Morgan fingerprint density at radius 2 is 1.10 bits per heavy atom. The van der Waals surface area contributed by atoms with E-state index in [0.717, 1.165) is 13.1 Å². The van der Waals surface area contributed by atoms with E-state index >= 15 is 0 Å². The van der Waals surface area contributed by atoms with Gasteiger partial charge in [-0.2, -0.15) is 0 Å². The van der Waals surface area contributed by atoms with Gasteiger partial charge in [0.15, 0.2) is 0 Å². The van der Waals surface area contributed by atoms with Gasteiger partial charge in [0.1, 0.15) is 11.2 Å².